The van der Waals surface area contributed by atoms with E-state index in [1.54, 1.807) is 0 Å². The van der Waals surface area contributed by atoms with E-state index in [0.717, 1.165) is 49.9 Å². The van der Waals surface area contributed by atoms with E-state index >= 15 is 0 Å². The van der Waals surface area contributed by atoms with Gasteiger partial charge in [-0.3, -0.25) is 9.59 Å². The number of aromatic nitrogens is 2. The number of primary amides is 1. The monoisotopic (exact) mass is 351 g/mol. The number of nitrogens with zero attached hydrogens (tertiary/aromatic N) is 2. The lowest BCUT2D eigenvalue weighted by atomic mass is 9.82. The number of Topliss-reactive ketones (excluding diaryl/α,β-unsaturated/α-hetero) is 1. The summed E-state index contributed by atoms with van der Waals surface area (Å²) in [6, 6.07) is 5.91. The fraction of sp³-hybridized carbons (Fsp3) is 0.368. The van der Waals surface area contributed by atoms with Crippen molar-refractivity contribution in [1.82, 2.24) is 15.3 Å². The third kappa shape index (κ3) is 2.84. The van der Waals surface area contributed by atoms with Crippen LogP contribution in [0.5, 0.6) is 0 Å². The van der Waals surface area contributed by atoms with Crippen molar-refractivity contribution in [3.05, 3.63) is 40.7 Å². The maximum Gasteiger partial charge on any atom is 0.254 e. The minimum absolute atomic E-state index is 0.0407. The van der Waals surface area contributed by atoms with Crippen molar-refractivity contribution in [3.63, 3.8) is 0 Å². The molecule has 1 aliphatic carbocycles. The molecule has 1 aromatic heterocycles. The van der Waals surface area contributed by atoms with Gasteiger partial charge in [0, 0.05) is 18.0 Å². The number of hydrogen-bond donors (Lipinski definition) is 3. The second-order valence-electron chi connectivity index (χ2n) is 6.92. The van der Waals surface area contributed by atoms with Gasteiger partial charge in [0.05, 0.1) is 5.69 Å². The average Bonchev–Trinajstić information content (AvgIpc) is 2.58. The molecule has 5 N–H and O–H groups in total. The van der Waals surface area contributed by atoms with Gasteiger partial charge in [-0.05, 0) is 43.0 Å². The molecule has 0 bridgehead atoms. The number of carbonyl (C=O) groups is 2. The van der Waals surface area contributed by atoms with Crippen LogP contribution in [0.2, 0.25) is 0 Å². The molecule has 1 saturated carbocycles. The van der Waals surface area contributed by atoms with Gasteiger partial charge in [-0.2, -0.15) is 0 Å². The molecule has 0 saturated heterocycles. The fourth-order valence-electron chi connectivity index (χ4n) is 3.52. The Kier molecular flexibility index (Phi) is 4.16. The highest BCUT2D eigenvalue weighted by Crippen LogP contribution is 2.32. The summed E-state index contributed by atoms with van der Waals surface area (Å²) in [7, 11) is 0. The molecule has 7 nitrogen and oxygen atoms in total. The van der Waals surface area contributed by atoms with Crippen molar-refractivity contribution >= 4 is 17.5 Å². The number of carbonyl (C=O) groups excluding carboxylic acids is 2. The van der Waals surface area contributed by atoms with Gasteiger partial charge in [0.25, 0.3) is 5.91 Å². The van der Waals surface area contributed by atoms with Crippen molar-refractivity contribution in [3.8, 4) is 11.3 Å². The number of nitrogen functional groups attached to an aromatic ring is 1. The van der Waals surface area contributed by atoms with Gasteiger partial charge in [-0.25, -0.2) is 9.97 Å². The van der Waals surface area contributed by atoms with Gasteiger partial charge in [0.2, 0.25) is 5.78 Å². The lowest BCUT2D eigenvalue weighted by Crippen LogP contribution is -2.26. The number of benzene rings is 1. The van der Waals surface area contributed by atoms with Crippen LogP contribution in [0.25, 0.3) is 11.3 Å². The Morgan fingerprint density at radius 2 is 1.96 bits per heavy atom. The Hall–Kier alpha value is -2.80. The highest BCUT2D eigenvalue weighted by atomic mass is 16.1. The van der Waals surface area contributed by atoms with E-state index in [1.165, 1.54) is 5.56 Å². The largest absolute Gasteiger partial charge is 0.383 e. The summed E-state index contributed by atoms with van der Waals surface area (Å²) in [5, 5.41) is 3.32. The van der Waals surface area contributed by atoms with Crippen molar-refractivity contribution in [2.24, 2.45) is 11.7 Å². The molecule has 1 amide bonds. The quantitative estimate of drug-likeness (QED) is 0.716. The van der Waals surface area contributed by atoms with Crippen molar-refractivity contribution < 1.29 is 9.59 Å². The first kappa shape index (κ1) is 16.7. The maximum atomic E-state index is 12.6. The third-order valence-corrected chi connectivity index (χ3v) is 5.25. The number of ketones is 1. The Balaban J connectivity index is 1.83. The van der Waals surface area contributed by atoms with Crippen LogP contribution in [0.15, 0.2) is 18.2 Å². The number of nitrogens with one attached hydrogen (secondary N) is 1. The number of anilines is 1. The fourth-order valence-corrected chi connectivity index (χ4v) is 3.52. The Bertz CT molecular complexity index is 905. The smallest absolute Gasteiger partial charge is 0.254 e. The first-order chi connectivity index (χ1) is 12.5. The van der Waals surface area contributed by atoms with Crippen LogP contribution in [-0.4, -0.2) is 28.2 Å². The van der Waals surface area contributed by atoms with Gasteiger partial charge in [0.1, 0.15) is 11.4 Å². The third-order valence-electron chi connectivity index (χ3n) is 5.25. The molecule has 1 aromatic carbocycles. The normalized spacial score (nSPS) is 16.6. The number of nitrogens with two attached hydrogens (primary N) is 2. The van der Waals surface area contributed by atoms with Crippen LogP contribution in [0.4, 0.5) is 5.82 Å². The van der Waals surface area contributed by atoms with E-state index < -0.39 is 5.91 Å². The van der Waals surface area contributed by atoms with Crippen molar-refractivity contribution in [2.45, 2.75) is 32.2 Å². The summed E-state index contributed by atoms with van der Waals surface area (Å²) >= 11 is 0. The van der Waals surface area contributed by atoms with Crippen LogP contribution < -0.4 is 16.8 Å². The SMILES string of the molecule is NC(=O)c1c(N)nc(C(=O)C2CCC2)nc1-c1ccc2c(c1)CNCC2. The van der Waals surface area contributed by atoms with Crippen LogP contribution in [0.1, 0.15) is 51.4 Å². The van der Waals surface area contributed by atoms with E-state index in [-0.39, 0.29) is 28.9 Å². The van der Waals surface area contributed by atoms with Crippen LogP contribution in [-0.2, 0) is 13.0 Å². The van der Waals surface area contributed by atoms with Crippen LogP contribution >= 0.6 is 0 Å². The molecule has 1 aliphatic heterocycles. The zero-order chi connectivity index (χ0) is 18.3. The van der Waals surface area contributed by atoms with Crippen LogP contribution in [0, 0.1) is 5.92 Å². The second-order valence-corrected chi connectivity index (χ2v) is 6.92. The number of fused-ring (bicyclic) bond motifs is 1. The molecule has 134 valence electrons. The lowest BCUT2D eigenvalue weighted by molar-refractivity contribution is 0.0843. The summed E-state index contributed by atoms with van der Waals surface area (Å²) < 4.78 is 0. The molecule has 7 heteroatoms. The summed E-state index contributed by atoms with van der Waals surface area (Å²) in [5.41, 5.74) is 15.0. The van der Waals surface area contributed by atoms with Crippen LogP contribution in [0.3, 0.4) is 0 Å². The van der Waals surface area contributed by atoms with E-state index in [9.17, 15) is 9.59 Å². The average molecular weight is 351 g/mol. The first-order valence-corrected chi connectivity index (χ1v) is 8.89. The molecule has 0 unspecified atom stereocenters. The molecule has 2 aromatic rings. The predicted octanol–water partition coefficient (Wildman–Crippen LogP) is 1.45. The maximum absolute atomic E-state index is 12.6. The standard InChI is InChI=1S/C19H21N5O2/c20-17-14(18(21)26)15(23-19(24-17)16(25)11-2-1-3-11)12-5-4-10-6-7-22-9-13(10)8-12/h4-5,8,11,22H,1-3,6-7,9H2,(H2,21,26)(H2,20,23,24). The Labute approximate surface area is 151 Å². The molecule has 0 spiro atoms. The number of hydrogen-bond acceptors (Lipinski definition) is 6. The van der Waals surface area contributed by atoms with E-state index in [2.05, 4.69) is 15.3 Å². The van der Waals surface area contributed by atoms with E-state index in [0.29, 0.717) is 5.69 Å². The predicted molar refractivity (Wildman–Crippen MR) is 97.5 cm³/mol. The topological polar surface area (TPSA) is 124 Å². The van der Waals surface area contributed by atoms with Gasteiger partial charge >= 0.3 is 0 Å². The van der Waals surface area contributed by atoms with Crippen molar-refractivity contribution in [1.29, 1.82) is 0 Å². The highest BCUT2D eigenvalue weighted by molar-refractivity contribution is 6.04. The molecular weight excluding hydrogens is 330 g/mol. The zero-order valence-corrected chi connectivity index (χ0v) is 14.4. The molecule has 2 aliphatic rings. The minimum Gasteiger partial charge on any atom is -0.383 e. The lowest BCUT2D eigenvalue weighted by Gasteiger charge is -2.23. The van der Waals surface area contributed by atoms with Gasteiger partial charge in [-0.1, -0.05) is 18.6 Å². The van der Waals surface area contributed by atoms with E-state index in [1.807, 2.05) is 18.2 Å². The minimum atomic E-state index is -0.698. The highest BCUT2D eigenvalue weighted by Gasteiger charge is 2.30. The summed E-state index contributed by atoms with van der Waals surface area (Å²) in [6.45, 7) is 1.70. The summed E-state index contributed by atoms with van der Waals surface area (Å²) in [5.74, 6) is -0.825. The number of amides is 1. The summed E-state index contributed by atoms with van der Waals surface area (Å²) in [6.07, 6.45) is 3.69. The molecule has 0 atom stereocenters. The zero-order valence-electron chi connectivity index (χ0n) is 14.4. The van der Waals surface area contributed by atoms with Gasteiger partial charge < -0.3 is 16.8 Å². The van der Waals surface area contributed by atoms with E-state index in [4.69, 9.17) is 11.5 Å². The van der Waals surface area contributed by atoms with Gasteiger partial charge in [0.15, 0.2) is 5.82 Å². The van der Waals surface area contributed by atoms with Crippen molar-refractivity contribution in [2.75, 3.05) is 12.3 Å². The Morgan fingerprint density at radius 3 is 2.65 bits per heavy atom. The Morgan fingerprint density at radius 1 is 1.15 bits per heavy atom. The molecule has 2 heterocycles. The molecular formula is C19H21N5O2. The van der Waals surface area contributed by atoms with Gasteiger partial charge in [-0.15, -0.1) is 0 Å². The number of rotatable bonds is 4. The first-order valence-electron chi connectivity index (χ1n) is 8.89. The second kappa shape index (κ2) is 6.49. The molecule has 1 fully saturated rings. The molecule has 4 rings (SSSR count). The molecule has 0 radical (unpaired) electrons. The summed E-state index contributed by atoms with van der Waals surface area (Å²) in [4.78, 5) is 33.0. The molecule has 26 heavy (non-hydrogen) atoms.